The van der Waals surface area contributed by atoms with Gasteiger partial charge in [0.25, 0.3) is 11.9 Å². The summed E-state index contributed by atoms with van der Waals surface area (Å²) in [7, 11) is 0. The quantitative estimate of drug-likeness (QED) is 0.207. The van der Waals surface area contributed by atoms with E-state index in [-0.39, 0.29) is 79.5 Å². The van der Waals surface area contributed by atoms with Crippen molar-refractivity contribution in [1.82, 2.24) is 0 Å². The molecule has 0 aromatic heterocycles. The molecule has 0 N–H and O–H groups in total. The van der Waals surface area contributed by atoms with Crippen LogP contribution >= 0.6 is 0 Å². The van der Waals surface area contributed by atoms with Crippen LogP contribution in [0.2, 0.25) is 0 Å². The molecule has 0 heterocycles. The van der Waals surface area contributed by atoms with Gasteiger partial charge in [0.05, 0.1) is 0 Å². The van der Waals surface area contributed by atoms with E-state index in [2.05, 4.69) is 9.78 Å². The zero-order valence-electron chi connectivity index (χ0n) is 12.4. The van der Waals surface area contributed by atoms with Gasteiger partial charge in [-0.2, -0.15) is 0 Å². The van der Waals surface area contributed by atoms with Crippen molar-refractivity contribution in [1.29, 1.82) is 0 Å². The molecule has 0 atom stereocenters. The first kappa shape index (κ1) is 43.0. The van der Waals surface area contributed by atoms with Gasteiger partial charge in [-0.25, -0.2) is 0 Å². The second-order valence-corrected chi connectivity index (χ2v) is 2.13. The number of hydrogen-bond donors (Lipinski definition) is 0. The molecule has 0 aliphatic heterocycles. The molecule has 0 radical (unpaired) electrons. The largest absolute Gasteiger partial charge is 2.00 e. The minimum Gasteiger partial charge on any atom is -0.662 e. The van der Waals surface area contributed by atoms with Crippen molar-refractivity contribution in [3.05, 3.63) is 0 Å². The van der Waals surface area contributed by atoms with E-state index in [0.29, 0.717) is 0 Å². The molecule has 0 amide bonds. The van der Waals surface area contributed by atoms with Crippen molar-refractivity contribution in [3.63, 3.8) is 0 Å². The standard InChI is InChI=1S/2C2H4O3.2C2H4O2.2Na.Pd/c2*1-2(3)5-4;2*1-2(3)4;;;/h2*4H,1H3;2*1H3,(H,3,4);;;/q;;;;2*+1;+2/p-4. The Kier molecular flexibility index (Phi) is 75.8. The summed E-state index contributed by atoms with van der Waals surface area (Å²) >= 11 is 0. The molecule has 13 heteroatoms. The number of carboxylic acid groups (broad SMARTS) is 2. The number of carboxylic acids is 2. The van der Waals surface area contributed by atoms with Gasteiger partial charge >= 0.3 is 79.5 Å². The van der Waals surface area contributed by atoms with Gasteiger partial charge in [-0.15, -0.1) is 0 Å². The van der Waals surface area contributed by atoms with Crippen LogP contribution in [0.25, 0.3) is 0 Å². The van der Waals surface area contributed by atoms with Crippen LogP contribution in [0.1, 0.15) is 27.7 Å². The molecule has 21 heavy (non-hydrogen) atoms. The fraction of sp³-hybridized carbons (Fsp3) is 0.500. The number of carbonyl (C=O) groups is 4. The van der Waals surface area contributed by atoms with Crippen LogP contribution in [0.5, 0.6) is 0 Å². The second-order valence-electron chi connectivity index (χ2n) is 2.13. The monoisotopic (exact) mass is 420 g/mol. The molecule has 0 unspecified atom stereocenters. The van der Waals surface area contributed by atoms with Gasteiger partial charge in [-0.3, -0.25) is 9.59 Å². The molecule has 0 saturated carbocycles. The van der Waals surface area contributed by atoms with Crippen molar-refractivity contribution in [2.45, 2.75) is 27.7 Å². The van der Waals surface area contributed by atoms with Gasteiger partial charge in [-0.05, 0) is 13.8 Å². The Morgan fingerprint density at radius 3 is 0.714 bits per heavy atom. The van der Waals surface area contributed by atoms with E-state index in [9.17, 15) is 9.59 Å². The van der Waals surface area contributed by atoms with Crippen LogP contribution in [0.3, 0.4) is 0 Å². The predicted octanol–water partition coefficient (Wildman–Crippen LogP) is -10.8. The molecule has 0 rings (SSSR count). The third-order valence-corrected chi connectivity index (χ3v) is 0.235. The Labute approximate surface area is 179 Å². The van der Waals surface area contributed by atoms with Crippen LogP contribution in [0.4, 0.5) is 0 Å². The third kappa shape index (κ3) is 350. The summed E-state index contributed by atoms with van der Waals surface area (Å²) in [6.45, 7) is 4.04. The van der Waals surface area contributed by atoms with E-state index in [4.69, 9.17) is 30.3 Å². The van der Waals surface area contributed by atoms with Gasteiger partial charge in [0.1, 0.15) is 0 Å². The first-order chi connectivity index (χ1) is 8.00. The normalized spacial score (nSPS) is 5.62. The van der Waals surface area contributed by atoms with Crippen LogP contribution < -0.4 is 79.8 Å². The minimum absolute atomic E-state index is 0. The van der Waals surface area contributed by atoms with Crippen LogP contribution in [0.15, 0.2) is 0 Å². The summed E-state index contributed by atoms with van der Waals surface area (Å²) in [5, 5.41) is 35.3. The van der Waals surface area contributed by atoms with E-state index < -0.39 is 23.9 Å². The third-order valence-electron chi connectivity index (χ3n) is 0.235. The summed E-state index contributed by atoms with van der Waals surface area (Å²) in [5.74, 6) is -3.77. The summed E-state index contributed by atoms with van der Waals surface area (Å²) in [6.07, 6.45) is 0. The summed E-state index contributed by atoms with van der Waals surface area (Å²) < 4.78 is 0. The van der Waals surface area contributed by atoms with Crippen molar-refractivity contribution < 1.29 is 129 Å². The van der Waals surface area contributed by atoms with Gasteiger partial charge in [0.2, 0.25) is 0 Å². The van der Waals surface area contributed by atoms with Gasteiger partial charge in [0, 0.05) is 25.8 Å². The first-order valence-corrected chi connectivity index (χ1v) is 3.97. The Bertz CT molecular complexity index is 227. The Morgan fingerprint density at radius 1 is 0.667 bits per heavy atom. The van der Waals surface area contributed by atoms with Crippen LogP contribution in [-0.2, 0) is 49.4 Å². The maximum Gasteiger partial charge on any atom is 2.00 e. The van der Waals surface area contributed by atoms with Gasteiger partial charge in [-0.1, -0.05) is 0 Å². The molecule has 116 valence electrons. The van der Waals surface area contributed by atoms with Gasteiger partial charge in [0.15, 0.2) is 0 Å². The Hall–Kier alpha value is 0.462. The number of rotatable bonds is 0. The number of carbonyl (C=O) groups excluding carboxylic acids is 4. The molecule has 0 aliphatic rings. The minimum atomic E-state index is -1.08. The average molecular weight is 421 g/mol. The first-order valence-electron chi connectivity index (χ1n) is 3.97. The number of hydrogen-bond acceptors (Lipinski definition) is 10. The topological polar surface area (TPSA) is 179 Å². The summed E-state index contributed by atoms with van der Waals surface area (Å²) in [6, 6.07) is 0. The molecular formula is C8H12Na2O10Pd. The smallest absolute Gasteiger partial charge is 0.662 e. The maximum atomic E-state index is 9.28. The van der Waals surface area contributed by atoms with E-state index in [1.54, 1.807) is 0 Å². The van der Waals surface area contributed by atoms with Crippen molar-refractivity contribution in [2.24, 2.45) is 0 Å². The zero-order chi connectivity index (χ0) is 15.7. The fourth-order valence-electron chi connectivity index (χ4n) is 0. The Morgan fingerprint density at radius 2 is 0.714 bits per heavy atom. The van der Waals surface area contributed by atoms with Gasteiger partial charge < -0.3 is 40.1 Å². The van der Waals surface area contributed by atoms with E-state index in [0.717, 1.165) is 27.7 Å². The molecule has 10 nitrogen and oxygen atoms in total. The van der Waals surface area contributed by atoms with Crippen LogP contribution in [-0.4, -0.2) is 23.9 Å². The van der Waals surface area contributed by atoms with E-state index >= 15 is 0 Å². The molecule has 0 aromatic rings. The number of aliphatic carboxylic acids is 2. The Balaban J connectivity index is -0.0000000239. The predicted molar refractivity (Wildman–Crippen MR) is 44.9 cm³/mol. The van der Waals surface area contributed by atoms with Crippen molar-refractivity contribution in [3.8, 4) is 0 Å². The fourth-order valence-corrected chi connectivity index (χ4v) is 0. The molecule has 0 fully saturated rings. The van der Waals surface area contributed by atoms with E-state index in [1.807, 2.05) is 0 Å². The molecular weight excluding hydrogens is 408 g/mol. The second kappa shape index (κ2) is 37.1. The average Bonchev–Trinajstić information content (AvgIpc) is 2.16. The van der Waals surface area contributed by atoms with Crippen molar-refractivity contribution in [2.75, 3.05) is 0 Å². The van der Waals surface area contributed by atoms with Crippen LogP contribution in [0, 0.1) is 0 Å². The maximum absolute atomic E-state index is 9.28. The molecule has 0 spiro atoms. The SMILES string of the molecule is CC(=O)O[O-].CC(=O)O[O-].CC(=O)[O-].CC(=O)[O-].[Na+].[Na+].[Pd+2]. The summed E-state index contributed by atoms with van der Waals surface area (Å²) in [4.78, 5) is 42.1. The molecule has 0 bridgehead atoms. The van der Waals surface area contributed by atoms with Crippen molar-refractivity contribution >= 4 is 23.9 Å². The molecule has 0 aromatic carbocycles. The summed E-state index contributed by atoms with van der Waals surface area (Å²) in [5.41, 5.74) is 0. The zero-order valence-corrected chi connectivity index (χ0v) is 18.0. The van der Waals surface area contributed by atoms with E-state index in [1.165, 1.54) is 0 Å². The molecule has 0 saturated heterocycles. The molecule has 0 aliphatic carbocycles.